The van der Waals surface area contributed by atoms with E-state index in [4.69, 9.17) is 27.6 Å². The van der Waals surface area contributed by atoms with Crippen molar-refractivity contribution in [1.29, 1.82) is 0 Å². The summed E-state index contributed by atoms with van der Waals surface area (Å²) in [4.78, 5) is 0. The minimum absolute atomic E-state index is 0.0465. The van der Waals surface area contributed by atoms with Gasteiger partial charge in [-0.2, -0.15) is 0 Å². The van der Waals surface area contributed by atoms with E-state index in [0.29, 0.717) is 10.0 Å². The Morgan fingerprint density at radius 2 is 2.06 bits per heavy atom. The first-order valence-corrected chi connectivity index (χ1v) is 6.61. The minimum atomic E-state index is -0.0465. The molecule has 0 spiro atoms. The van der Waals surface area contributed by atoms with Gasteiger partial charge in [0.25, 0.3) is 0 Å². The molecular weight excluding hydrogens is 269 g/mol. The Labute approximate surface area is 117 Å². The Morgan fingerprint density at radius 3 is 2.61 bits per heavy atom. The minimum Gasteiger partial charge on any atom is -0.467 e. The molecule has 96 valence electrons. The standard InChI is InChI=1S/C14H15Cl2NO/c1-3-17-13(14-9(2)6-7-18-14)11-5-4-10(15)8-12(11)16/h4-8,13,17H,3H2,1-2H3. The lowest BCUT2D eigenvalue weighted by Gasteiger charge is -2.18. The van der Waals surface area contributed by atoms with E-state index in [-0.39, 0.29) is 6.04 Å². The molecule has 0 fully saturated rings. The SMILES string of the molecule is CCNC(c1ccc(Cl)cc1Cl)c1occc1C. The van der Waals surface area contributed by atoms with Gasteiger partial charge in [-0.25, -0.2) is 0 Å². The lowest BCUT2D eigenvalue weighted by Crippen LogP contribution is -2.22. The molecule has 1 unspecified atom stereocenters. The molecule has 0 amide bonds. The molecule has 2 aromatic rings. The van der Waals surface area contributed by atoms with Crippen molar-refractivity contribution in [2.75, 3.05) is 6.54 Å². The summed E-state index contributed by atoms with van der Waals surface area (Å²) in [7, 11) is 0. The van der Waals surface area contributed by atoms with Crippen LogP contribution in [0.25, 0.3) is 0 Å². The number of rotatable bonds is 4. The molecule has 0 aliphatic carbocycles. The van der Waals surface area contributed by atoms with Gasteiger partial charge in [-0.1, -0.05) is 36.2 Å². The van der Waals surface area contributed by atoms with Crippen molar-refractivity contribution in [2.24, 2.45) is 0 Å². The van der Waals surface area contributed by atoms with Gasteiger partial charge >= 0.3 is 0 Å². The van der Waals surface area contributed by atoms with Crippen molar-refractivity contribution in [3.05, 3.63) is 57.5 Å². The number of benzene rings is 1. The van der Waals surface area contributed by atoms with Gasteiger partial charge in [-0.3, -0.25) is 0 Å². The smallest absolute Gasteiger partial charge is 0.128 e. The normalized spacial score (nSPS) is 12.7. The Kier molecular flexibility index (Phi) is 4.33. The molecule has 0 aliphatic heterocycles. The van der Waals surface area contributed by atoms with E-state index in [1.54, 1.807) is 12.3 Å². The van der Waals surface area contributed by atoms with Gasteiger partial charge in [-0.05, 0) is 42.8 Å². The first-order chi connectivity index (χ1) is 8.63. The van der Waals surface area contributed by atoms with E-state index in [1.165, 1.54) is 0 Å². The topological polar surface area (TPSA) is 25.2 Å². The second-order valence-electron chi connectivity index (χ2n) is 4.12. The van der Waals surface area contributed by atoms with E-state index in [1.807, 2.05) is 25.1 Å². The maximum absolute atomic E-state index is 6.26. The lowest BCUT2D eigenvalue weighted by molar-refractivity contribution is 0.449. The zero-order chi connectivity index (χ0) is 13.1. The summed E-state index contributed by atoms with van der Waals surface area (Å²) in [5, 5.41) is 4.66. The van der Waals surface area contributed by atoms with Crippen LogP contribution in [-0.2, 0) is 0 Å². The van der Waals surface area contributed by atoms with Crippen molar-refractivity contribution in [3.8, 4) is 0 Å². The second-order valence-corrected chi connectivity index (χ2v) is 4.97. The van der Waals surface area contributed by atoms with Crippen molar-refractivity contribution >= 4 is 23.2 Å². The molecule has 0 radical (unpaired) electrons. The Morgan fingerprint density at radius 1 is 1.28 bits per heavy atom. The molecular formula is C14H15Cl2NO. The summed E-state index contributed by atoms with van der Waals surface area (Å²) >= 11 is 12.2. The number of furan rings is 1. The molecule has 0 saturated heterocycles. The van der Waals surface area contributed by atoms with Crippen molar-refractivity contribution in [2.45, 2.75) is 19.9 Å². The van der Waals surface area contributed by atoms with E-state index >= 15 is 0 Å². The molecule has 1 aromatic heterocycles. The van der Waals surface area contributed by atoms with E-state index in [9.17, 15) is 0 Å². The predicted molar refractivity (Wildman–Crippen MR) is 75.4 cm³/mol. The van der Waals surface area contributed by atoms with Crippen LogP contribution in [0.5, 0.6) is 0 Å². The molecule has 18 heavy (non-hydrogen) atoms. The van der Waals surface area contributed by atoms with Crippen molar-refractivity contribution in [3.63, 3.8) is 0 Å². The van der Waals surface area contributed by atoms with Gasteiger partial charge in [0.15, 0.2) is 0 Å². The molecule has 0 aliphatic rings. The second kappa shape index (κ2) is 5.79. The van der Waals surface area contributed by atoms with E-state index in [2.05, 4.69) is 12.2 Å². The molecule has 1 N–H and O–H groups in total. The Bertz CT molecular complexity index is 536. The third kappa shape index (κ3) is 2.72. The highest BCUT2D eigenvalue weighted by Gasteiger charge is 2.20. The molecule has 1 aromatic carbocycles. The van der Waals surface area contributed by atoms with Crippen LogP contribution >= 0.6 is 23.2 Å². The molecule has 0 bridgehead atoms. The molecule has 2 nitrogen and oxygen atoms in total. The van der Waals surface area contributed by atoms with E-state index in [0.717, 1.165) is 23.4 Å². The van der Waals surface area contributed by atoms with Gasteiger partial charge in [0.05, 0.1) is 12.3 Å². The summed E-state index contributed by atoms with van der Waals surface area (Å²) < 4.78 is 5.56. The van der Waals surface area contributed by atoms with Crippen molar-refractivity contribution < 1.29 is 4.42 Å². The summed E-state index contributed by atoms with van der Waals surface area (Å²) in [6.45, 7) is 4.89. The zero-order valence-electron chi connectivity index (χ0n) is 10.3. The molecule has 1 heterocycles. The fourth-order valence-electron chi connectivity index (χ4n) is 1.96. The molecule has 1 atom stereocenters. The Hall–Kier alpha value is -0.960. The van der Waals surface area contributed by atoms with Crippen LogP contribution in [0.3, 0.4) is 0 Å². The number of halogens is 2. The zero-order valence-corrected chi connectivity index (χ0v) is 11.8. The van der Waals surface area contributed by atoms with Crippen LogP contribution in [-0.4, -0.2) is 6.54 Å². The third-order valence-electron chi connectivity index (χ3n) is 2.85. The van der Waals surface area contributed by atoms with Gasteiger partial charge in [-0.15, -0.1) is 0 Å². The summed E-state index contributed by atoms with van der Waals surface area (Å²) in [5.74, 6) is 0.890. The molecule has 0 saturated carbocycles. The van der Waals surface area contributed by atoms with Crippen LogP contribution in [0, 0.1) is 6.92 Å². The largest absolute Gasteiger partial charge is 0.467 e. The first kappa shape index (κ1) is 13.5. The van der Waals surface area contributed by atoms with Crippen LogP contribution in [0.2, 0.25) is 10.0 Å². The molecule has 4 heteroatoms. The van der Waals surface area contributed by atoms with Crippen LogP contribution < -0.4 is 5.32 Å². The number of aryl methyl sites for hydroxylation is 1. The first-order valence-electron chi connectivity index (χ1n) is 5.85. The highest BCUT2D eigenvalue weighted by atomic mass is 35.5. The fourth-order valence-corrected chi connectivity index (χ4v) is 2.48. The van der Waals surface area contributed by atoms with Crippen molar-refractivity contribution in [1.82, 2.24) is 5.32 Å². The average molecular weight is 284 g/mol. The van der Waals surface area contributed by atoms with Crippen LogP contribution in [0.1, 0.15) is 29.9 Å². The Balaban J connectivity index is 2.45. The monoisotopic (exact) mass is 283 g/mol. The maximum atomic E-state index is 6.26. The predicted octanol–water partition coefficient (Wildman–Crippen LogP) is 4.59. The number of hydrogen-bond donors (Lipinski definition) is 1. The molecule has 2 rings (SSSR count). The number of nitrogens with one attached hydrogen (secondary N) is 1. The van der Waals surface area contributed by atoms with Gasteiger partial charge < -0.3 is 9.73 Å². The summed E-state index contributed by atoms with van der Waals surface area (Å²) in [6, 6.07) is 7.42. The third-order valence-corrected chi connectivity index (χ3v) is 3.41. The highest BCUT2D eigenvalue weighted by molar-refractivity contribution is 6.35. The van der Waals surface area contributed by atoms with E-state index < -0.39 is 0 Å². The number of hydrogen-bond acceptors (Lipinski definition) is 2. The summed E-state index contributed by atoms with van der Waals surface area (Å²) in [5.41, 5.74) is 2.08. The lowest BCUT2D eigenvalue weighted by atomic mass is 10.0. The van der Waals surface area contributed by atoms with Gasteiger partial charge in [0.2, 0.25) is 0 Å². The van der Waals surface area contributed by atoms with Crippen LogP contribution in [0.4, 0.5) is 0 Å². The van der Waals surface area contributed by atoms with Crippen LogP contribution in [0.15, 0.2) is 34.9 Å². The maximum Gasteiger partial charge on any atom is 0.128 e. The van der Waals surface area contributed by atoms with Gasteiger partial charge in [0.1, 0.15) is 5.76 Å². The summed E-state index contributed by atoms with van der Waals surface area (Å²) in [6.07, 6.45) is 1.69. The fraction of sp³-hybridized carbons (Fsp3) is 0.286. The van der Waals surface area contributed by atoms with Gasteiger partial charge in [0, 0.05) is 10.0 Å². The quantitative estimate of drug-likeness (QED) is 0.888. The highest BCUT2D eigenvalue weighted by Crippen LogP contribution is 2.32. The average Bonchev–Trinajstić information content (AvgIpc) is 2.73.